The van der Waals surface area contributed by atoms with E-state index in [1.54, 1.807) is 0 Å². The van der Waals surface area contributed by atoms with Crippen molar-refractivity contribution in [1.82, 2.24) is 0 Å². The van der Waals surface area contributed by atoms with Crippen molar-refractivity contribution in [3.63, 3.8) is 0 Å². The molecule has 0 radical (unpaired) electrons. The summed E-state index contributed by atoms with van der Waals surface area (Å²) in [5.74, 6) is -0.218. The standard InChI is InChI=1S/C10H13FO/c1-7-3-9(8(2)6-12)5-10(11)4-7/h3-5,8,12H,6H2,1-2H3. The molecule has 66 valence electrons. The molecule has 0 heterocycles. The number of hydrogen-bond donors (Lipinski definition) is 1. The molecule has 0 spiro atoms. The smallest absolute Gasteiger partial charge is 0.123 e. The SMILES string of the molecule is Cc1cc(F)cc(C(C)CO)c1. The predicted octanol–water partition coefficient (Wildman–Crippen LogP) is 2.23. The van der Waals surface area contributed by atoms with Gasteiger partial charge in [0, 0.05) is 12.5 Å². The first-order valence-electron chi connectivity index (χ1n) is 4.01. The summed E-state index contributed by atoms with van der Waals surface area (Å²) in [4.78, 5) is 0. The number of aliphatic hydroxyl groups is 1. The quantitative estimate of drug-likeness (QED) is 0.718. The lowest BCUT2D eigenvalue weighted by Crippen LogP contribution is -1.99. The second-order valence-corrected chi connectivity index (χ2v) is 3.15. The van der Waals surface area contributed by atoms with Gasteiger partial charge in [0.25, 0.3) is 0 Å². The Kier molecular flexibility index (Phi) is 2.82. The number of aryl methyl sites for hydroxylation is 1. The minimum atomic E-state index is -0.231. The summed E-state index contributed by atoms with van der Waals surface area (Å²) in [5.41, 5.74) is 1.75. The van der Waals surface area contributed by atoms with Crippen molar-refractivity contribution in [3.8, 4) is 0 Å². The van der Waals surface area contributed by atoms with Gasteiger partial charge in [0.15, 0.2) is 0 Å². The van der Waals surface area contributed by atoms with E-state index in [9.17, 15) is 4.39 Å². The number of benzene rings is 1. The van der Waals surface area contributed by atoms with Crippen LogP contribution in [0.15, 0.2) is 18.2 Å². The van der Waals surface area contributed by atoms with Crippen LogP contribution < -0.4 is 0 Å². The molecule has 0 aliphatic carbocycles. The van der Waals surface area contributed by atoms with Crippen LogP contribution in [0.2, 0.25) is 0 Å². The van der Waals surface area contributed by atoms with Crippen molar-refractivity contribution in [2.45, 2.75) is 19.8 Å². The van der Waals surface area contributed by atoms with E-state index in [2.05, 4.69) is 0 Å². The number of aliphatic hydroxyl groups excluding tert-OH is 1. The Bertz CT molecular complexity index is 250. The van der Waals surface area contributed by atoms with E-state index in [4.69, 9.17) is 5.11 Å². The van der Waals surface area contributed by atoms with Crippen molar-refractivity contribution in [2.24, 2.45) is 0 Å². The Morgan fingerprint density at radius 2 is 2.08 bits per heavy atom. The fourth-order valence-corrected chi connectivity index (χ4v) is 1.15. The first-order chi connectivity index (χ1) is 5.63. The van der Waals surface area contributed by atoms with Crippen LogP contribution >= 0.6 is 0 Å². The van der Waals surface area contributed by atoms with Crippen LogP contribution in [0.5, 0.6) is 0 Å². The van der Waals surface area contributed by atoms with Crippen LogP contribution in [0.3, 0.4) is 0 Å². The monoisotopic (exact) mass is 168 g/mol. The fraction of sp³-hybridized carbons (Fsp3) is 0.400. The van der Waals surface area contributed by atoms with Gasteiger partial charge in [0.05, 0.1) is 0 Å². The summed E-state index contributed by atoms with van der Waals surface area (Å²) < 4.78 is 12.8. The predicted molar refractivity (Wildman–Crippen MR) is 46.6 cm³/mol. The third kappa shape index (κ3) is 2.05. The molecule has 1 N–H and O–H groups in total. The van der Waals surface area contributed by atoms with Crippen LogP contribution in [0.25, 0.3) is 0 Å². The molecule has 1 aromatic carbocycles. The maximum Gasteiger partial charge on any atom is 0.123 e. The first kappa shape index (κ1) is 9.20. The lowest BCUT2D eigenvalue weighted by atomic mass is 10.0. The van der Waals surface area contributed by atoms with E-state index in [0.29, 0.717) is 0 Å². The van der Waals surface area contributed by atoms with Crippen LogP contribution in [-0.4, -0.2) is 11.7 Å². The average molecular weight is 168 g/mol. The van der Waals surface area contributed by atoms with Gasteiger partial charge in [-0.25, -0.2) is 4.39 Å². The van der Waals surface area contributed by atoms with Crippen molar-refractivity contribution in [2.75, 3.05) is 6.61 Å². The van der Waals surface area contributed by atoms with Gasteiger partial charge in [-0.3, -0.25) is 0 Å². The van der Waals surface area contributed by atoms with Gasteiger partial charge in [-0.15, -0.1) is 0 Å². The highest BCUT2D eigenvalue weighted by molar-refractivity contribution is 5.26. The Hall–Kier alpha value is -0.890. The average Bonchev–Trinajstić information content (AvgIpc) is 2.01. The second kappa shape index (κ2) is 3.68. The number of rotatable bonds is 2. The normalized spacial score (nSPS) is 13.0. The topological polar surface area (TPSA) is 20.2 Å². The molecule has 1 rings (SSSR count). The molecule has 1 nitrogen and oxygen atoms in total. The molecule has 0 aliphatic rings. The van der Waals surface area contributed by atoms with E-state index >= 15 is 0 Å². The van der Waals surface area contributed by atoms with Crippen LogP contribution in [-0.2, 0) is 0 Å². The van der Waals surface area contributed by atoms with Gasteiger partial charge in [-0.05, 0) is 30.2 Å². The van der Waals surface area contributed by atoms with E-state index in [1.807, 2.05) is 19.9 Å². The van der Waals surface area contributed by atoms with Gasteiger partial charge >= 0.3 is 0 Å². The molecule has 0 amide bonds. The van der Waals surface area contributed by atoms with Crippen molar-refractivity contribution >= 4 is 0 Å². The minimum Gasteiger partial charge on any atom is -0.396 e. The summed E-state index contributed by atoms with van der Waals surface area (Å²) in [6.07, 6.45) is 0. The molecule has 12 heavy (non-hydrogen) atoms. The summed E-state index contributed by atoms with van der Waals surface area (Å²) in [7, 11) is 0. The van der Waals surface area contributed by atoms with Gasteiger partial charge in [0.2, 0.25) is 0 Å². The molecule has 0 saturated carbocycles. The molecular weight excluding hydrogens is 155 g/mol. The molecule has 0 fully saturated rings. The Morgan fingerprint density at radius 1 is 1.42 bits per heavy atom. The maximum absolute atomic E-state index is 12.8. The lowest BCUT2D eigenvalue weighted by molar-refractivity contribution is 0.273. The second-order valence-electron chi connectivity index (χ2n) is 3.15. The largest absolute Gasteiger partial charge is 0.396 e. The molecule has 0 aromatic heterocycles. The third-order valence-electron chi connectivity index (χ3n) is 1.91. The third-order valence-corrected chi connectivity index (χ3v) is 1.91. The van der Waals surface area contributed by atoms with Crippen LogP contribution in [0.1, 0.15) is 24.0 Å². The minimum absolute atomic E-state index is 0.0133. The summed E-state index contributed by atoms with van der Waals surface area (Å²) in [5, 5.41) is 8.85. The van der Waals surface area contributed by atoms with Crippen LogP contribution in [0.4, 0.5) is 4.39 Å². The number of halogens is 1. The fourth-order valence-electron chi connectivity index (χ4n) is 1.15. The molecule has 1 aromatic rings. The maximum atomic E-state index is 12.8. The van der Waals surface area contributed by atoms with Crippen molar-refractivity contribution in [3.05, 3.63) is 35.1 Å². The zero-order valence-electron chi connectivity index (χ0n) is 7.34. The zero-order valence-corrected chi connectivity index (χ0v) is 7.34. The molecule has 0 saturated heterocycles. The molecule has 1 atom stereocenters. The molecule has 0 bridgehead atoms. The van der Waals surface area contributed by atoms with Crippen LogP contribution in [0, 0.1) is 12.7 Å². The van der Waals surface area contributed by atoms with Crippen molar-refractivity contribution < 1.29 is 9.50 Å². The first-order valence-corrected chi connectivity index (χ1v) is 4.01. The molecule has 2 heteroatoms. The highest BCUT2D eigenvalue weighted by Gasteiger charge is 2.05. The summed E-state index contributed by atoms with van der Waals surface area (Å²) in [6, 6.07) is 4.84. The Morgan fingerprint density at radius 3 is 2.58 bits per heavy atom. The summed E-state index contributed by atoms with van der Waals surface area (Å²) in [6.45, 7) is 3.77. The van der Waals surface area contributed by atoms with E-state index < -0.39 is 0 Å². The summed E-state index contributed by atoms with van der Waals surface area (Å²) >= 11 is 0. The number of hydrogen-bond acceptors (Lipinski definition) is 1. The van der Waals surface area contributed by atoms with E-state index in [0.717, 1.165) is 11.1 Å². The van der Waals surface area contributed by atoms with E-state index in [1.165, 1.54) is 12.1 Å². The lowest BCUT2D eigenvalue weighted by Gasteiger charge is -2.08. The highest BCUT2D eigenvalue weighted by Crippen LogP contribution is 2.17. The Balaban J connectivity index is 3.00. The molecule has 0 aliphatic heterocycles. The van der Waals surface area contributed by atoms with Gasteiger partial charge < -0.3 is 5.11 Å². The molecular formula is C10H13FO. The Labute approximate surface area is 71.9 Å². The van der Waals surface area contributed by atoms with E-state index in [-0.39, 0.29) is 18.3 Å². The van der Waals surface area contributed by atoms with Gasteiger partial charge in [-0.2, -0.15) is 0 Å². The zero-order chi connectivity index (χ0) is 9.14. The van der Waals surface area contributed by atoms with Gasteiger partial charge in [0.1, 0.15) is 5.82 Å². The van der Waals surface area contributed by atoms with Crippen molar-refractivity contribution in [1.29, 1.82) is 0 Å². The molecule has 1 unspecified atom stereocenters. The van der Waals surface area contributed by atoms with Gasteiger partial charge in [-0.1, -0.05) is 13.0 Å². The highest BCUT2D eigenvalue weighted by atomic mass is 19.1.